The average Bonchev–Trinajstić information content (AvgIpc) is 2.39. The molecule has 0 amide bonds. The van der Waals surface area contributed by atoms with Gasteiger partial charge in [0.25, 0.3) is 0 Å². The largest absolute Gasteiger partial charge is 0.389 e. The molecule has 0 heterocycles. The van der Waals surface area contributed by atoms with E-state index in [1.54, 1.807) is 7.11 Å². The van der Waals surface area contributed by atoms with E-state index in [0.29, 0.717) is 37.1 Å². The third kappa shape index (κ3) is 4.85. The van der Waals surface area contributed by atoms with Gasteiger partial charge in [0.2, 0.25) is 0 Å². The van der Waals surface area contributed by atoms with E-state index in [1.807, 2.05) is 0 Å². The maximum atomic E-state index is 9.90. The molecule has 116 valence electrons. The molecule has 2 rings (SSSR count). The summed E-state index contributed by atoms with van der Waals surface area (Å²) in [5, 5.41) is 13.3. The van der Waals surface area contributed by atoms with Crippen molar-refractivity contribution in [3.63, 3.8) is 0 Å². The molecule has 4 nitrogen and oxygen atoms in total. The second-order valence-corrected chi connectivity index (χ2v) is 6.31. The number of allylic oxidation sites excluding steroid dienone is 2. The molecule has 2 N–H and O–H groups in total. The van der Waals surface area contributed by atoms with E-state index in [2.05, 4.69) is 24.4 Å². The van der Waals surface area contributed by atoms with Gasteiger partial charge in [0, 0.05) is 19.7 Å². The zero-order chi connectivity index (χ0) is 14.4. The number of aliphatic hydroxyl groups excluding tert-OH is 1. The smallest absolute Gasteiger partial charge is 0.0897 e. The van der Waals surface area contributed by atoms with Crippen molar-refractivity contribution in [3.8, 4) is 0 Å². The molecule has 4 heteroatoms. The summed E-state index contributed by atoms with van der Waals surface area (Å²) >= 11 is 0. The van der Waals surface area contributed by atoms with Crippen molar-refractivity contribution < 1.29 is 14.6 Å². The quantitative estimate of drug-likeness (QED) is 0.666. The highest BCUT2D eigenvalue weighted by atomic mass is 16.5. The zero-order valence-electron chi connectivity index (χ0n) is 12.8. The van der Waals surface area contributed by atoms with Gasteiger partial charge in [-0.25, -0.2) is 0 Å². The van der Waals surface area contributed by atoms with Gasteiger partial charge in [0.1, 0.15) is 0 Å². The molecule has 1 saturated carbocycles. The molecule has 2 aliphatic rings. The van der Waals surface area contributed by atoms with Crippen LogP contribution in [0.5, 0.6) is 0 Å². The Bertz CT molecular complexity index is 302. The third-order valence-electron chi connectivity index (χ3n) is 4.63. The van der Waals surface area contributed by atoms with Crippen molar-refractivity contribution >= 4 is 0 Å². The summed E-state index contributed by atoms with van der Waals surface area (Å²) in [6.07, 6.45) is 8.86. The number of hydrogen-bond acceptors (Lipinski definition) is 4. The van der Waals surface area contributed by atoms with Crippen LogP contribution in [0.15, 0.2) is 12.2 Å². The molecule has 3 atom stereocenters. The van der Waals surface area contributed by atoms with Crippen LogP contribution >= 0.6 is 0 Å². The van der Waals surface area contributed by atoms with Gasteiger partial charge < -0.3 is 19.9 Å². The standard InChI is InChI=1S/C16H29NO3/c1-12-5-3-4-6-13(12)10-20-11-15(18)9-17-14-7-16(8-14)19-2/h3-4,12-18H,5-11H2,1-2H3. The highest BCUT2D eigenvalue weighted by Gasteiger charge is 2.28. The molecule has 0 aromatic carbocycles. The van der Waals surface area contributed by atoms with E-state index in [1.165, 1.54) is 0 Å². The van der Waals surface area contributed by atoms with Crippen molar-refractivity contribution in [2.24, 2.45) is 11.8 Å². The summed E-state index contributed by atoms with van der Waals surface area (Å²) < 4.78 is 10.9. The third-order valence-corrected chi connectivity index (χ3v) is 4.63. The Morgan fingerprint density at radius 1 is 1.30 bits per heavy atom. The van der Waals surface area contributed by atoms with E-state index in [4.69, 9.17) is 9.47 Å². The predicted molar refractivity (Wildman–Crippen MR) is 79.7 cm³/mol. The lowest BCUT2D eigenvalue weighted by atomic mass is 9.85. The predicted octanol–water partition coefficient (Wildman–Crippen LogP) is 1.73. The lowest BCUT2D eigenvalue weighted by Gasteiger charge is -2.35. The Balaban J connectivity index is 1.50. The molecular formula is C16H29NO3. The number of aliphatic hydroxyl groups is 1. The Hall–Kier alpha value is -0.420. The van der Waals surface area contributed by atoms with Crippen LogP contribution in [0, 0.1) is 11.8 Å². The van der Waals surface area contributed by atoms with Crippen molar-refractivity contribution in [1.29, 1.82) is 0 Å². The Morgan fingerprint density at radius 3 is 2.75 bits per heavy atom. The highest BCUT2D eigenvalue weighted by Crippen LogP contribution is 2.25. The number of methoxy groups -OCH3 is 1. The fourth-order valence-electron chi connectivity index (χ4n) is 2.88. The van der Waals surface area contributed by atoms with Crippen molar-refractivity contribution in [2.75, 3.05) is 26.9 Å². The molecule has 0 saturated heterocycles. The van der Waals surface area contributed by atoms with Crippen molar-refractivity contribution in [3.05, 3.63) is 12.2 Å². The number of rotatable bonds is 8. The van der Waals surface area contributed by atoms with E-state index in [0.717, 1.165) is 32.3 Å². The van der Waals surface area contributed by atoms with Crippen molar-refractivity contribution in [2.45, 2.75) is 50.9 Å². The Labute approximate surface area is 122 Å². The Morgan fingerprint density at radius 2 is 2.05 bits per heavy atom. The first-order chi connectivity index (χ1) is 9.69. The minimum atomic E-state index is -0.411. The van der Waals surface area contributed by atoms with Gasteiger partial charge in [-0.2, -0.15) is 0 Å². The van der Waals surface area contributed by atoms with Crippen LogP contribution in [0.4, 0.5) is 0 Å². The lowest BCUT2D eigenvalue weighted by Crippen LogP contribution is -2.48. The van der Waals surface area contributed by atoms with Gasteiger partial charge >= 0.3 is 0 Å². The molecule has 20 heavy (non-hydrogen) atoms. The van der Waals surface area contributed by atoms with Crippen LogP contribution in [0.1, 0.15) is 32.6 Å². The molecule has 0 spiro atoms. The number of ether oxygens (including phenoxy) is 2. The second kappa shape index (κ2) is 8.13. The lowest BCUT2D eigenvalue weighted by molar-refractivity contribution is -0.00352. The summed E-state index contributed by atoms with van der Waals surface area (Å²) in [7, 11) is 1.75. The fraction of sp³-hybridized carbons (Fsp3) is 0.875. The molecule has 0 aliphatic heterocycles. The minimum absolute atomic E-state index is 0.404. The first-order valence-electron chi connectivity index (χ1n) is 7.86. The number of nitrogens with one attached hydrogen (secondary N) is 1. The zero-order valence-corrected chi connectivity index (χ0v) is 12.8. The van der Waals surface area contributed by atoms with Crippen LogP contribution in [-0.2, 0) is 9.47 Å². The monoisotopic (exact) mass is 283 g/mol. The van der Waals surface area contributed by atoms with Crippen LogP contribution in [0.3, 0.4) is 0 Å². The molecule has 0 aromatic rings. The van der Waals surface area contributed by atoms with Crippen LogP contribution in [-0.4, -0.2) is 50.2 Å². The summed E-state index contributed by atoms with van der Waals surface area (Å²) in [5.74, 6) is 1.30. The van der Waals surface area contributed by atoms with Gasteiger partial charge in [-0.05, 0) is 37.5 Å². The Kier molecular flexibility index (Phi) is 6.49. The topological polar surface area (TPSA) is 50.7 Å². The molecule has 1 fully saturated rings. The minimum Gasteiger partial charge on any atom is -0.389 e. The molecule has 0 radical (unpaired) electrons. The molecule has 3 unspecified atom stereocenters. The van der Waals surface area contributed by atoms with Gasteiger partial charge in [-0.1, -0.05) is 19.1 Å². The normalized spacial score (nSPS) is 34.8. The second-order valence-electron chi connectivity index (χ2n) is 6.31. The molecular weight excluding hydrogens is 254 g/mol. The van der Waals surface area contributed by atoms with Crippen LogP contribution < -0.4 is 5.32 Å². The molecule has 2 aliphatic carbocycles. The SMILES string of the molecule is COC1CC(NCC(O)COCC2CC=CCC2C)C1. The maximum Gasteiger partial charge on any atom is 0.0897 e. The first kappa shape index (κ1) is 16.0. The van der Waals surface area contributed by atoms with Gasteiger partial charge in [0.05, 0.1) is 25.4 Å². The van der Waals surface area contributed by atoms with E-state index >= 15 is 0 Å². The van der Waals surface area contributed by atoms with Crippen molar-refractivity contribution in [1.82, 2.24) is 5.32 Å². The van der Waals surface area contributed by atoms with Crippen LogP contribution in [0.2, 0.25) is 0 Å². The van der Waals surface area contributed by atoms with E-state index in [9.17, 15) is 5.11 Å². The fourth-order valence-corrected chi connectivity index (χ4v) is 2.88. The highest BCUT2D eigenvalue weighted by molar-refractivity contribution is 4.93. The average molecular weight is 283 g/mol. The van der Waals surface area contributed by atoms with Gasteiger partial charge in [0.15, 0.2) is 0 Å². The molecule has 0 bridgehead atoms. The molecule has 0 aromatic heterocycles. The van der Waals surface area contributed by atoms with Gasteiger partial charge in [-0.3, -0.25) is 0 Å². The summed E-state index contributed by atoms with van der Waals surface area (Å²) in [4.78, 5) is 0. The van der Waals surface area contributed by atoms with Crippen LogP contribution in [0.25, 0.3) is 0 Å². The van der Waals surface area contributed by atoms with E-state index in [-0.39, 0.29) is 0 Å². The maximum absolute atomic E-state index is 9.90. The summed E-state index contributed by atoms with van der Waals surface area (Å²) in [5.41, 5.74) is 0. The number of hydrogen-bond donors (Lipinski definition) is 2. The first-order valence-corrected chi connectivity index (χ1v) is 7.86. The summed E-state index contributed by atoms with van der Waals surface area (Å²) in [6.45, 7) is 4.08. The van der Waals surface area contributed by atoms with Gasteiger partial charge in [-0.15, -0.1) is 0 Å². The summed E-state index contributed by atoms with van der Waals surface area (Å²) in [6, 6.07) is 0.498. The van der Waals surface area contributed by atoms with E-state index < -0.39 is 6.10 Å².